The maximum atomic E-state index is 12.5. The summed E-state index contributed by atoms with van der Waals surface area (Å²) in [7, 11) is 0. The van der Waals surface area contributed by atoms with Gasteiger partial charge in [0.05, 0.1) is 12.2 Å². The summed E-state index contributed by atoms with van der Waals surface area (Å²) in [6.07, 6.45) is 4.70. The van der Waals surface area contributed by atoms with Crippen molar-refractivity contribution in [1.82, 2.24) is 4.90 Å². The van der Waals surface area contributed by atoms with Crippen molar-refractivity contribution in [3.05, 3.63) is 0 Å². The molecule has 0 radical (unpaired) electrons. The number of nitrogens with zero attached hydrogens (tertiary/aromatic N) is 1. The maximum absolute atomic E-state index is 12.5. The molecule has 0 saturated carbocycles. The summed E-state index contributed by atoms with van der Waals surface area (Å²) in [5.41, 5.74) is 0. The number of fused-ring (bicyclic) bond motifs is 1. The van der Waals surface area contributed by atoms with Gasteiger partial charge in [0.1, 0.15) is 0 Å². The Labute approximate surface area is 109 Å². The molecule has 0 N–H and O–H groups in total. The van der Waals surface area contributed by atoms with Gasteiger partial charge in [0.2, 0.25) is 5.91 Å². The molecule has 1 amide bonds. The van der Waals surface area contributed by atoms with Crippen LogP contribution < -0.4 is 0 Å². The van der Waals surface area contributed by atoms with Crippen LogP contribution in [0.4, 0.5) is 0 Å². The summed E-state index contributed by atoms with van der Waals surface area (Å²) in [6.45, 7) is 5.42. The van der Waals surface area contributed by atoms with Crippen molar-refractivity contribution in [2.24, 2.45) is 11.8 Å². The lowest BCUT2D eigenvalue weighted by atomic mass is 9.91. The fourth-order valence-corrected chi connectivity index (χ4v) is 3.60. The molecular formula is C14H23NO3. The van der Waals surface area contributed by atoms with Crippen LogP contribution >= 0.6 is 0 Å². The summed E-state index contributed by atoms with van der Waals surface area (Å²) in [4.78, 5) is 14.5. The van der Waals surface area contributed by atoms with Crippen LogP contribution in [-0.4, -0.2) is 49.3 Å². The van der Waals surface area contributed by atoms with Gasteiger partial charge in [0, 0.05) is 38.1 Å². The molecule has 0 bridgehead atoms. The average Bonchev–Trinajstić information content (AvgIpc) is 2.78. The van der Waals surface area contributed by atoms with E-state index in [4.69, 9.17) is 9.47 Å². The third-order valence-electron chi connectivity index (χ3n) is 4.59. The van der Waals surface area contributed by atoms with Crippen molar-refractivity contribution >= 4 is 5.91 Å². The monoisotopic (exact) mass is 253 g/mol. The number of amides is 1. The highest BCUT2D eigenvalue weighted by Gasteiger charge is 2.39. The van der Waals surface area contributed by atoms with Crippen LogP contribution in [0.15, 0.2) is 0 Å². The predicted molar refractivity (Wildman–Crippen MR) is 67.2 cm³/mol. The highest BCUT2D eigenvalue weighted by molar-refractivity contribution is 5.79. The lowest BCUT2D eigenvalue weighted by molar-refractivity contribution is -0.141. The first kappa shape index (κ1) is 12.4. The van der Waals surface area contributed by atoms with Crippen molar-refractivity contribution in [2.75, 3.05) is 26.3 Å². The SMILES string of the molecule is C[C@H]1C[C@H]2CN(C(=O)C3CCOCC3)CC[C@H]2O1. The topological polar surface area (TPSA) is 38.8 Å². The summed E-state index contributed by atoms with van der Waals surface area (Å²) >= 11 is 0. The van der Waals surface area contributed by atoms with Gasteiger partial charge in [-0.1, -0.05) is 0 Å². The first-order valence-corrected chi connectivity index (χ1v) is 7.26. The highest BCUT2D eigenvalue weighted by atomic mass is 16.5. The number of carbonyl (C=O) groups excluding carboxylic acids is 1. The lowest BCUT2D eigenvalue weighted by Gasteiger charge is -2.36. The molecule has 0 aromatic rings. The summed E-state index contributed by atoms with van der Waals surface area (Å²) < 4.78 is 11.2. The third kappa shape index (κ3) is 2.41. The molecular weight excluding hydrogens is 230 g/mol. The molecule has 0 aliphatic carbocycles. The smallest absolute Gasteiger partial charge is 0.225 e. The van der Waals surface area contributed by atoms with E-state index in [-0.39, 0.29) is 5.92 Å². The Morgan fingerprint density at radius 1 is 1.22 bits per heavy atom. The summed E-state index contributed by atoms with van der Waals surface area (Å²) in [6, 6.07) is 0. The maximum Gasteiger partial charge on any atom is 0.225 e. The number of hydrogen-bond donors (Lipinski definition) is 0. The van der Waals surface area contributed by atoms with E-state index >= 15 is 0 Å². The average molecular weight is 253 g/mol. The largest absolute Gasteiger partial charge is 0.381 e. The fraction of sp³-hybridized carbons (Fsp3) is 0.929. The Bertz CT molecular complexity index is 314. The molecule has 4 heteroatoms. The van der Waals surface area contributed by atoms with Crippen molar-refractivity contribution in [3.63, 3.8) is 0 Å². The van der Waals surface area contributed by atoms with Gasteiger partial charge in [-0.15, -0.1) is 0 Å². The van der Waals surface area contributed by atoms with Crippen LogP contribution in [0.2, 0.25) is 0 Å². The number of likely N-dealkylation sites (tertiary alicyclic amines) is 1. The minimum atomic E-state index is 0.204. The molecule has 0 unspecified atom stereocenters. The lowest BCUT2D eigenvalue weighted by Crippen LogP contribution is -2.47. The predicted octanol–water partition coefficient (Wildman–Crippen LogP) is 1.44. The molecule has 102 valence electrons. The Morgan fingerprint density at radius 2 is 2.00 bits per heavy atom. The standard InChI is InChI=1S/C14H23NO3/c1-10-8-12-9-15(5-2-13(12)18-10)14(16)11-3-6-17-7-4-11/h10-13H,2-9H2,1H3/t10-,12-,13+/m0/s1. The molecule has 4 nitrogen and oxygen atoms in total. The summed E-state index contributed by atoms with van der Waals surface area (Å²) in [5, 5.41) is 0. The van der Waals surface area contributed by atoms with Crippen LogP contribution in [0, 0.1) is 11.8 Å². The van der Waals surface area contributed by atoms with Gasteiger partial charge in [-0.3, -0.25) is 4.79 Å². The second kappa shape index (κ2) is 5.17. The molecule has 3 aliphatic heterocycles. The quantitative estimate of drug-likeness (QED) is 0.710. The second-order valence-electron chi connectivity index (χ2n) is 5.94. The molecule has 0 aromatic carbocycles. The number of piperidine rings is 1. The Hall–Kier alpha value is -0.610. The van der Waals surface area contributed by atoms with E-state index in [9.17, 15) is 4.79 Å². The molecule has 0 spiro atoms. The summed E-state index contributed by atoms with van der Waals surface area (Å²) in [5.74, 6) is 1.13. The zero-order chi connectivity index (χ0) is 12.5. The van der Waals surface area contributed by atoms with Gasteiger partial charge < -0.3 is 14.4 Å². The Balaban J connectivity index is 1.58. The van der Waals surface area contributed by atoms with Gasteiger partial charge in [0.15, 0.2) is 0 Å². The molecule has 3 rings (SSSR count). The molecule has 18 heavy (non-hydrogen) atoms. The fourth-order valence-electron chi connectivity index (χ4n) is 3.60. The van der Waals surface area contributed by atoms with Crippen LogP contribution in [0.25, 0.3) is 0 Å². The number of carbonyl (C=O) groups is 1. The molecule has 3 atom stereocenters. The highest BCUT2D eigenvalue weighted by Crippen LogP contribution is 2.33. The Kier molecular flexibility index (Phi) is 3.57. The molecule has 3 aliphatic rings. The van der Waals surface area contributed by atoms with E-state index < -0.39 is 0 Å². The van der Waals surface area contributed by atoms with Gasteiger partial charge >= 0.3 is 0 Å². The minimum absolute atomic E-state index is 0.204. The van der Waals surface area contributed by atoms with Crippen LogP contribution in [0.5, 0.6) is 0 Å². The van der Waals surface area contributed by atoms with Crippen molar-refractivity contribution in [3.8, 4) is 0 Å². The van der Waals surface area contributed by atoms with Crippen molar-refractivity contribution < 1.29 is 14.3 Å². The van der Waals surface area contributed by atoms with E-state index in [2.05, 4.69) is 11.8 Å². The van der Waals surface area contributed by atoms with E-state index in [1.54, 1.807) is 0 Å². The van der Waals surface area contributed by atoms with Crippen molar-refractivity contribution in [2.45, 2.75) is 44.8 Å². The van der Waals surface area contributed by atoms with Crippen LogP contribution in [0.1, 0.15) is 32.6 Å². The molecule has 3 heterocycles. The number of ether oxygens (including phenoxy) is 2. The number of rotatable bonds is 1. The first-order valence-electron chi connectivity index (χ1n) is 7.26. The van der Waals surface area contributed by atoms with Gasteiger partial charge in [-0.05, 0) is 32.6 Å². The molecule has 3 fully saturated rings. The molecule has 0 aromatic heterocycles. The first-order chi connectivity index (χ1) is 8.74. The zero-order valence-corrected chi connectivity index (χ0v) is 11.1. The van der Waals surface area contributed by atoms with Gasteiger partial charge in [0.25, 0.3) is 0 Å². The zero-order valence-electron chi connectivity index (χ0n) is 11.1. The Morgan fingerprint density at radius 3 is 2.78 bits per heavy atom. The van der Waals surface area contributed by atoms with Crippen LogP contribution in [0.3, 0.4) is 0 Å². The second-order valence-corrected chi connectivity index (χ2v) is 5.94. The third-order valence-corrected chi connectivity index (χ3v) is 4.59. The van der Waals surface area contributed by atoms with Gasteiger partial charge in [-0.25, -0.2) is 0 Å². The van der Waals surface area contributed by atoms with E-state index in [1.165, 1.54) is 0 Å². The van der Waals surface area contributed by atoms with Gasteiger partial charge in [-0.2, -0.15) is 0 Å². The van der Waals surface area contributed by atoms with E-state index in [0.717, 1.165) is 52.0 Å². The van der Waals surface area contributed by atoms with Crippen LogP contribution in [-0.2, 0) is 14.3 Å². The van der Waals surface area contributed by atoms with Crippen molar-refractivity contribution in [1.29, 1.82) is 0 Å². The number of hydrogen-bond acceptors (Lipinski definition) is 3. The van der Waals surface area contributed by atoms with E-state index in [0.29, 0.717) is 24.0 Å². The normalized spacial score (nSPS) is 37.6. The molecule has 3 saturated heterocycles. The van der Waals surface area contributed by atoms with E-state index in [1.807, 2.05) is 0 Å². The minimum Gasteiger partial charge on any atom is -0.381 e.